The van der Waals surface area contributed by atoms with Crippen LogP contribution in [0.4, 0.5) is 0 Å². The monoisotopic (exact) mass is 334 g/mol. The number of amides is 2. The van der Waals surface area contributed by atoms with Crippen molar-refractivity contribution in [1.82, 2.24) is 10.6 Å². The van der Waals surface area contributed by atoms with Gasteiger partial charge in [-0.25, -0.2) is 0 Å². The fraction of sp³-hybridized carbons (Fsp3) is 0.579. The smallest absolute Gasteiger partial charge is 0.251 e. The SMILES string of the molecule is CC(C)C[C@H](NC(=O)c1ccccc1)C(=O)N[C@H](C)C(C)(C)CO. The van der Waals surface area contributed by atoms with Gasteiger partial charge in [0.2, 0.25) is 5.91 Å². The van der Waals surface area contributed by atoms with E-state index in [2.05, 4.69) is 10.6 Å². The number of aliphatic hydroxyl groups excluding tert-OH is 1. The summed E-state index contributed by atoms with van der Waals surface area (Å²) in [7, 11) is 0. The molecule has 0 saturated heterocycles. The maximum absolute atomic E-state index is 12.6. The molecule has 1 aromatic carbocycles. The van der Waals surface area contributed by atoms with Gasteiger partial charge in [-0.3, -0.25) is 9.59 Å². The molecule has 5 nitrogen and oxygen atoms in total. The lowest BCUT2D eigenvalue weighted by atomic mass is 9.86. The Kier molecular flexibility index (Phi) is 7.42. The van der Waals surface area contributed by atoms with E-state index < -0.39 is 11.5 Å². The molecule has 0 aliphatic heterocycles. The summed E-state index contributed by atoms with van der Waals surface area (Å²) in [5, 5.41) is 15.2. The number of hydrogen-bond acceptors (Lipinski definition) is 3. The molecule has 0 heterocycles. The Morgan fingerprint density at radius 1 is 1.08 bits per heavy atom. The molecule has 0 spiro atoms. The van der Waals surface area contributed by atoms with Crippen molar-refractivity contribution in [2.75, 3.05) is 6.61 Å². The van der Waals surface area contributed by atoms with E-state index in [4.69, 9.17) is 0 Å². The molecule has 2 amide bonds. The molecule has 0 saturated carbocycles. The highest BCUT2D eigenvalue weighted by molar-refractivity contribution is 5.97. The van der Waals surface area contributed by atoms with Crippen LogP contribution in [0, 0.1) is 11.3 Å². The van der Waals surface area contributed by atoms with Gasteiger partial charge in [-0.15, -0.1) is 0 Å². The van der Waals surface area contributed by atoms with Gasteiger partial charge in [0.1, 0.15) is 6.04 Å². The van der Waals surface area contributed by atoms with Gasteiger partial charge in [0, 0.05) is 17.0 Å². The van der Waals surface area contributed by atoms with Crippen LogP contribution in [0.25, 0.3) is 0 Å². The molecule has 5 heteroatoms. The van der Waals surface area contributed by atoms with Crippen LogP contribution in [-0.2, 0) is 4.79 Å². The third kappa shape index (κ3) is 5.96. The zero-order valence-electron chi connectivity index (χ0n) is 15.3. The van der Waals surface area contributed by atoms with Crippen LogP contribution in [0.15, 0.2) is 30.3 Å². The summed E-state index contributed by atoms with van der Waals surface area (Å²) in [6.07, 6.45) is 0.552. The van der Waals surface area contributed by atoms with E-state index in [1.54, 1.807) is 24.3 Å². The van der Waals surface area contributed by atoms with Crippen molar-refractivity contribution in [3.05, 3.63) is 35.9 Å². The molecular weight excluding hydrogens is 304 g/mol. The highest BCUT2D eigenvalue weighted by Crippen LogP contribution is 2.19. The average molecular weight is 334 g/mol. The van der Waals surface area contributed by atoms with Crippen molar-refractivity contribution in [3.8, 4) is 0 Å². The quantitative estimate of drug-likeness (QED) is 0.683. The Bertz CT molecular complexity index is 541. The van der Waals surface area contributed by atoms with Gasteiger partial charge in [0.25, 0.3) is 5.91 Å². The van der Waals surface area contributed by atoms with Crippen molar-refractivity contribution in [1.29, 1.82) is 0 Å². The van der Waals surface area contributed by atoms with Crippen molar-refractivity contribution in [2.45, 2.75) is 53.1 Å². The minimum Gasteiger partial charge on any atom is -0.396 e. The third-order valence-electron chi connectivity index (χ3n) is 4.30. The number of rotatable bonds is 8. The Hall–Kier alpha value is -1.88. The number of nitrogens with one attached hydrogen (secondary N) is 2. The zero-order chi connectivity index (χ0) is 18.3. The van der Waals surface area contributed by atoms with E-state index in [0.29, 0.717) is 12.0 Å². The van der Waals surface area contributed by atoms with E-state index in [1.165, 1.54) is 0 Å². The molecule has 134 valence electrons. The fourth-order valence-electron chi connectivity index (χ4n) is 2.18. The van der Waals surface area contributed by atoms with Gasteiger partial charge in [-0.2, -0.15) is 0 Å². The third-order valence-corrected chi connectivity index (χ3v) is 4.30. The van der Waals surface area contributed by atoms with Crippen molar-refractivity contribution < 1.29 is 14.7 Å². The topological polar surface area (TPSA) is 78.4 Å². The molecule has 3 N–H and O–H groups in total. The summed E-state index contributed by atoms with van der Waals surface area (Å²) in [6, 6.07) is 8.05. The number of aliphatic hydroxyl groups is 1. The van der Waals surface area contributed by atoms with E-state index in [9.17, 15) is 14.7 Å². The first kappa shape index (κ1) is 20.2. The molecule has 1 rings (SSSR count). The summed E-state index contributed by atoms with van der Waals surface area (Å²) in [4.78, 5) is 25.0. The predicted molar refractivity (Wildman–Crippen MR) is 95.6 cm³/mol. The zero-order valence-corrected chi connectivity index (χ0v) is 15.3. The Balaban J connectivity index is 2.81. The van der Waals surface area contributed by atoms with Crippen LogP contribution in [0.2, 0.25) is 0 Å². The van der Waals surface area contributed by atoms with Gasteiger partial charge in [-0.05, 0) is 31.4 Å². The molecule has 0 aliphatic carbocycles. The van der Waals surface area contributed by atoms with Crippen LogP contribution in [0.3, 0.4) is 0 Å². The highest BCUT2D eigenvalue weighted by atomic mass is 16.3. The van der Waals surface area contributed by atoms with E-state index in [1.807, 2.05) is 40.7 Å². The summed E-state index contributed by atoms with van der Waals surface area (Å²) < 4.78 is 0. The Morgan fingerprint density at radius 3 is 2.17 bits per heavy atom. The second-order valence-electron chi connectivity index (χ2n) is 7.40. The maximum Gasteiger partial charge on any atom is 0.251 e. The maximum atomic E-state index is 12.6. The molecule has 0 radical (unpaired) electrons. The van der Waals surface area contributed by atoms with Crippen LogP contribution in [-0.4, -0.2) is 35.6 Å². The van der Waals surface area contributed by atoms with Gasteiger partial charge in [-0.1, -0.05) is 45.9 Å². The van der Waals surface area contributed by atoms with E-state index >= 15 is 0 Å². The largest absolute Gasteiger partial charge is 0.396 e. The first-order valence-corrected chi connectivity index (χ1v) is 8.44. The van der Waals surface area contributed by atoms with E-state index in [-0.39, 0.29) is 30.4 Å². The molecule has 0 aliphatic rings. The second kappa shape index (κ2) is 8.83. The first-order valence-electron chi connectivity index (χ1n) is 8.44. The molecule has 1 aromatic rings. The summed E-state index contributed by atoms with van der Waals surface area (Å²) in [5.41, 5.74) is 0.101. The summed E-state index contributed by atoms with van der Waals surface area (Å²) in [5.74, 6) is -0.217. The Labute approximate surface area is 144 Å². The van der Waals surface area contributed by atoms with Gasteiger partial charge >= 0.3 is 0 Å². The predicted octanol–water partition coefficient (Wildman–Crippen LogP) is 2.35. The summed E-state index contributed by atoms with van der Waals surface area (Å²) >= 11 is 0. The number of carbonyl (C=O) groups excluding carboxylic acids is 2. The lowest BCUT2D eigenvalue weighted by Gasteiger charge is -2.32. The molecule has 0 aromatic heterocycles. The molecule has 24 heavy (non-hydrogen) atoms. The molecule has 0 unspecified atom stereocenters. The molecule has 0 bridgehead atoms. The average Bonchev–Trinajstić information content (AvgIpc) is 2.54. The number of hydrogen-bond donors (Lipinski definition) is 3. The second-order valence-corrected chi connectivity index (χ2v) is 7.40. The highest BCUT2D eigenvalue weighted by Gasteiger charge is 2.30. The van der Waals surface area contributed by atoms with Crippen molar-refractivity contribution in [3.63, 3.8) is 0 Å². The van der Waals surface area contributed by atoms with Gasteiger partial charge < -0.3 is 15.7 Å². The van der Waals surface area contributed by atoms with Crippen LogP contribution >= 0.6 is 0 Å². The minimum atomic E-state index is -0.602. The minimum absolute atomic E-state index is 0.0281. The summed E-state index contributed by atoms with van der Waals surface area (Å²) in [6.45, 7) is 9.63. The van der Waals surface area contributed by atoms with Crippen LogP contribution < -0.4 is 10.6 Å². The van der Waals surface area contributed by atoms with Gasteiger partial charge in [0.05, 0.1) is 6.61 Å². The lowest BCUT2D eigenvalue weighted by molar-refractivity contribution is -0.125. The van der Waals surface area contributed by atoms with Crippen molar-refractivity contribution in [2.24, 2.45) is 11.3 Å². The van der Waals surface area contributed by atoms with E-state index in [0.717, 1.165) is 0 Å². The molecule has 2 atom stereocenters. The fourth-order valence-corrected chi connectivity index (χ4v) is 2.18. The van der Waals surface area contributed by atoms with Crippen LogP contribution in [0.5, 0.6) is 0 Å². The molecule has 0 fully saturated rings. The van der Waals surface area contributed by atoms with Crippen molar-refractivity contribution >= 4 is 11.8 Å². The Morgan fingerprint density at radius 2 is 1.67 bits per heavy atom. The number of benzene rings is 1. The van der Waals surface area contributed by atoms with Gasteiger partial charge in [0.15, 0.2) is 0 Å². The standard InChI is InChI=1S/C19H30N2O3/c1-13(2)11-16(18(24)20-14(3)19(4,5)12-22)21-17(23)15-9-7-6-8-10-15/h6-10,13-14,16,22H,11-12H2,1-5H3,(H,20,24)(H,21,23)/t14-,16+/m1/s1. The first-order chi connectivity index (χ1) is 11.2. The lowest BCUT2D eigenvalue weighted by Crippen LogP contribution is -2.53. The normalized spacial score (nSPS) is 14.1. The molecular formula is C19H30N2O3. The number of carbonyl (C=O) groups is 2. The van der Waals surface area contributed by atoms with Crippen LogP contribution in [0.1, 0.15) is 51.4 Å².